The molecular formula is C9H17F3N2O2. The maximum absolute atomic E-state index is 11.7. The molecule has 0 aromatic carbocycles. The molecule has 0 aromatic heterocycles. The molecule has 0 atom stereocenters. The highest BCUT2D eigenvalue weighted by atomic mass is 19.4. The normalized spacial score (nSPS) is 11.6. The molecule has 0 saturated carbocycles. The first kappa shape index (κ1) is 15.2. The molecule has 0 aromatic rings. The van der Waals surface area contributed by atoms with Gasteiger partial charge in [0.05, 0.1) is 13.0 Å². The number of alkyl halides is 3. The van der Waals surface area contributed by atoms with E-state index in [4.69, 9.17) is 5.73 Å². The third-order valence-electron chi connectivity index (χ3n) is 1.86. The molecule has 1 amide bonds. The molecule has 0 bridgehead atoms. The van der Waals surface area contributed by atoms with Gasteiger partial charge in [0.15, 0.2) is 0 Å². The second-order valence-electron chi connectivity index (χ2n) is 3.18. The van der Waals surface area contributed by atoms with Crippen molar-refractivity contribution in [3.05, 3.63) is 0 Å². The minimum absolute atomic E-state index is 0.0517. The first-order valence-corrected chi connectivity index (χ1v) is 5.03. The topological polar surface area (TPSA) is 55.6 Å². The number of carbonyl (C=O) groups excluding carboxylic acids is 1. The molecule has 0 fully saturated rings. The van der Waals surface area contributed by atoms with Gasteiger partial charge in [-0.25, -0.2) is 0 Å². The average molecular weight is 242 g/mol. The fourth-order valence-corrected chi connectivity index (χ4v) is 1.12. The Balaban J connectivity index is 3.71. The fourth-order valence-electron chi connectivity index (χ4n) is 1.12. The quantitative estimate of drug-likeness (QED) is 0.671. The van der Waals surface area contributed by atoms with E-state index in [1.54, 1.807) is 6.92 Å². The molecule has 0 radical (unpaired) electrons. The summed E-state index contributed by atoms with van der Waals surface area (Å²) in [6.45, 7) is 1.49. The smallest absolute Gasteiger partial charge is 0.372 e. The lowest BCUT2D eigenvalue weighted by molar-refractivity contribution is -0.175. The van der Waals surface area contributed by atoms with Gasteiger partial charge in [-0.15, -0.1) is 0 Å². The second-order valence-corrected chi connectivity index (χ2v) is 3.18. The molecule has 0 spiro atoms. The average Bonchev–Trinajstić information content (AvgIpc) is 2.19. The van der Waals surface area contributed by atoms with Crippen molar-refractivity contribution >= 4 is 5.91 Å². The van der Waals surface area contributed by atoms with Crippen molar-refractivity contribution in [3.8, 4) is 0 Å². The van der Waals surface area contributed by atoms with E-state index in [0.29, 0.717) is 19.6 Å². The first-order valence-electron chi connectivity index (χ1n) is 5.03. The monoisotopic (exact) mass is 242 g/mol. The van der Waals surface area contributed by atoms with Gasteiger partial charge in [0, 0.05) is 19.6 Å². The first-order chi connectivity index (χ1) is 7.40. The molecule has 7 heteroatoms. The number of halogens is 3. The summed E-state index contributed by atoms with van der Waals surface area (Å²) in [5.41, 5.74) is 5.28. The highest BCUT2D eigenvalue weighted by Crippen LogP contribution is 2.14. The Morgan fingerprint density at radius 1 is 1.44 bits per heavy atom. The minimum Gasteiger partial charge on any atom is -0.372 e. The van der Waals surface area contributed by atoms with Crippen molar-refractivity contribution in [2.75, 3.05) is 32.8 Å². The van der Waals surface area contributed by atoms with E-state index in [1.807, 2.05) is 0 Å². The molecule has 0 aliphatic carbocycles. The van der Waals surface area contributed by atoms with Crippen LogP contribution in [-0.4, -0.2) is 49.8 Å². The van der Waals surface area contributed by atoms with Crippen LogP contribution in [0.2, 0.25) is 0 Å². The van der Waals surface area contributed by atoms with E-state index in [-0.39, 0.29) is 18.9 Å². The van der Waals surface area contributed by atoms with Crippen molar-refractivity contribution in [1.29, 1.82) is 0 Å². The van der Waals surface area contributed by atoms with Crippen LogP contribution in [0.5, 0.6) is 0 Å². The van der Waals surface area contributed by atoms with Gasteiger partial charge in [-0.05, 0) is 6.92 Å². The maximum atomic E-state index is 11.7. The molecule has 0 aliphatic heterocycles. The van der Waals surface area contributed by atoms with Crippen LogP contribution in [0.3, 0.4) is 0 Å². The fraction of sp³-hybridized carbons (Fsp3) is 0.889. The Bertz CT molecular complexity index is 209. The van der Waals surface area contributed by atoms with Gasteiger partial charge in [0.1, 0.15) is 6.61 Å². The van der Waals surface area contributed by atoms with E-state index in [1.165, 1.54) is 4.90 Å². The Labute approximate surface area is 92.5 Å². The van der Waals surface area contributed by atoms with E-state index in [2.05, 4.69) is 4.74 Å². The zero-order chi connectivity index (χ0) is 12.6. The maximum Gasteiger partial charge on any atom is 0.411 e. The van der Waals surface area contributed by atoms with Crippen molar-refractivity contribution in [1.82, 2.24) is 4.90 Å². The predicted molar refractivity (Wildman–Crippen MR) is 52.8 cm³/mol. The van der Waals surface area contributed by atoms with Crippen molar-refractivity contribution < 1.29 is 22.7 Å². The number of ether oxygens (including phenoxy) is 1. The van der Waals surface area contributed by atoms with Gasteiger partial charge >= 0.3 is 6.18 Å². The van der Waals surface area contributed by atoms with E-state index in [9.17, 15) is 18.0 Å². The van der Waals surface area contributed by atoms with E-state index < -0.39 is 12.8 Å². The second kappa shape index (κ2) is 7.45. The van der Waals surface area contributed by atoms with Crippen LogP contribution in [0.4, 0.5) is 13.2 Å². The lowest BCUT2D eigenvalue weighted by Gasteiger charge is -2.19. The number of carbonyl (C=O) groups is 1. The summed E-state index contributed by atoms with van der Waals surface area (Å²) in [6.07, 6.45) is -4.39. The van der Waals surface area contributed by atoms with Gasteiger partial charge in [-0.2, -0.15) is 13.2 Å². The van der Waals surface area contributed by atoms with Crippen LogP contribution in [0, 0.1) is 0 Å². The summed E-state index contributed by atoms with van der Waals surface area (Å²) in [4.78, 5) is 12.9. The highest BCUT2D eigenvalue weighted by molar-refractivity contribution is 5.76. The third kappa shape index (κ3) is 7.47. The van der Waals surface area contributed by atoms with Crippen LogP contribution in [0.15, 0.2) is 0 Å². The number of amides is 1. The zero-order valence-corrected chi connectivity index (χ0v) is 9.22. The zero-order valence-electron chi connectivity index (χ0n) is 9.22. The van der Waals surface area contributed by atoms with Crippen molar-refractivity contribution in [2.24, 2.45) is 5.73 Å². The Kier molecular flexibility index (Phi) is 7.07. The standard InChI is InChI=1S/C9H17F3N2O2/c1-2-14(5-4-13)8(15)3-6-16-7-9(10,11)12/h2-7,13H2,1H3. The van der Waals surface area contributed by atoms with Crippen LogP contribution in [0.25, 0.3) is 0 Å². The number of nitrogens with two attached hydrogens (primary N) is 1. The molecule has 4 nitrogen and oxygen atoms in total. The summed E-state index contributed by atoms with van der Waals surface area (Å²) in [6, 6.07) is 0. The Morgan fingerprint density at radius 2 is 2.06 bits per heavy atom. The third-order valence-corrected chi connectivity index (χ3v) is 1.86. The summed E-state index contributed by atoms with van der Waals surface area (Å²) in [5, 5.41) is 0. The molecule has 2 N–H and O–H groups in total. The van der Waals surface area contributed by atoms with Gasteiger partial charge in [-0.1, -0.05) is 0 Å². The largest absolute Gasteiger partial charge is 0.411 e. The lowest BCUT2D eigenvalue weighted by Crippen LogP contribution is -2.35. The Morgan fingerprint density at radius 3 is 2.50 bits per heavy atom. The van der Waals surface area contributed by atoms with Crippen LogP contribution in [-0.2, 0) is 9.53 Å². The molecule has 0 rings (SSSR count). The number of hydrogen-bond donors (Lipinski definition) is 1. The number of likely N-dealkylation sites (N-methyl/N-ethyl adjacent to an activating group) is 1. The van der Waals surface area contributed by atoms with Gasteiger partial charge in [0.25, 0.3) is 0 Å². The number of nitrogens with zero attached hydrogens (tertiary/aromatic N) is 1. The molecule has 16 heavy (non-hydrogen) atoms. The summed E-state index contributed by atoms with van der Waals surface area (Å²) >= 11 is 0. The highest BCUT2D eigenvalue weighted by Gasteiger charge is 2.27. The van der Waals surface area contributed by atoms with Crippen LogP contribution in [0.1, 0.15) is 13.3 Å². The minimum atomic E-state index is -4.34. The molecule has 0 aliphatic rings. The number of hydrogen-bond acceptors (Lipinski definition) is 3. The van der Waals surface area contributed by atoms with Gasteiger partial charge in [-0.3, -0.25) is 4.79 Å². The predicted octanol–water partition coefficient (Wildman–Crippen LogP) is 0.763. The molecule has 0 unspecified atom stereocenters. The Hall–Kier alpha value is -0.820. The summed E-state index contributed by atoms with van der Waals surface area (Å²) < 4.78 is 39.4. The lowest BCUT2D eigenvalue weighted by atomic mass is 10.3. The molecular weight excluding hydrogens is 225 g/mol. The van der Waals surface area contributed by atoms with E-state index >= 15 is 0 Å². The summed E-state index contributed by atoms with van der Waals surface area (Å²) in [5.74, 6) is -0.241. The SMILES string of the molecule is CCN(CCN)C(=O)CCOCC(F)(F)F. The molecule has 96 valence electrons. The summed E-state index contributed by atoms with van der Waals surface area (Å²) in [7, 11) is 0. The van der Waals surface area contributed by atoms with Crippen molar-refractivity contribution in [3.63, 3.8) is 0 Å². The van der Waals surface area contributed by atoms with Crippen LogP contribution >= 0.6 is 0 Å². The van der Waals surface area contributed by atoms with E-state index in [0.717, 1.165) is 0 Å². The van der Waals surface area contributed by atoms with Crippen molar-refractivity contribution in [2.45, 2.75) is 19.5 Å². The number of rotatable bonds is 7. The molecule has 0 saturated heterocycles. The van der Waals surface area contributed by atoms with Crippen LogP contribution < -0.4 is 5.73 Å². The molecule has 0 heterocycles. The van der Waals surface area contributed by atoms with Gasteiger partial charge in [0.2, 0.25) is 5.91 Å². The van der Waals surface area contributed by atoms with Gasteiger partial charge < -0.3 is 15.4 Å².